The van der Waals surface area contributed by atoms with E-state index in [1.807, 2.05) is 60.7 Å². The molecule has 0 radical (unpaired) electrons. The lowest BCUT2D eigenvalue weighted by molar-refractivity contribution is -0.171. The predicted octanol–water partition coefficient (Wildman–Crippen LogP) is 2.17. The van der Waals surface area contributed by atoms with Gasteiger partial charge in [-0.15, -0.1) is 0 Å². The van der Waals surface area contributed by atoms with E-state index in [0.29, 0.717) is 0 Å². The van der Waals surface area contributed by atoms with Gasteiger partial charge in [-0.3, -0.25) is 9.59 Å². The third-order valence-electron chi connectivity index (χ3n) is 5.31. The molecule has 3 rings (SSSR count). The van der Waals surface area contributed by atoms with Crippen molar-refractivity contribution in [3.8, 4) is 0 Å². The van der Waals surface area contributed by atoms with Crippen LogP contribution < -0.4 is 10.6 Å². The minimum atomic E-state index is -1.04. The average Bonchev–Trinajstić information content (AvgIpc) is 3.14. The highest BCUT2D eigenvalue weighted by Gasteiger charge is 2.53. The molecule has 0 saturated carbocycles. The Bertz CT molecular complexity index is 832. The van der Waals surface area contributed by atoms with Crippen molar-refractivity contribution in [1.29, 1.82) is 0 Å². The van der Waals surface area contributed by atoms with Crippen molar-refractivity contribution in [3.63, 3.8) is 0 Å². The first-order valence-electron chi connectivity index (χ1n) is 10.9. The molecule has 4 atom stereocenters. The van der Waals surface area contributed by atoms with E-state index < -0.39 is 30.2 Å². The third-order valence-corrected chi connectivity index (χ3v) is 5.31. The number of likely N-dealkylation sites (N-methyl/N-ethyl adjacent to an activating group) is 2. The molecule has 0 aliphatic carbocycles. The van der Waals surface area contributed by atoms with Gasteiger partial charge < -0.3 is 29.6 Å². The van der Waals surface area contributed by atoms with Crippen LogP contribution in [0.5, 0.6) is 0 Å². The summed E-state index contributed by atoms with van der Waals surface area (Å²) in [6, 6.07) is 19.0. The van der Waals surface area contributed by atoms with Crippen LogP contribution >= 0.6 is 0 Å². The molecule has 2 amide bonds. The van der Waals surface area contributed by atoms with Gasteiger partial charge in [0.1, 0.15) is 12.2 Å². The second-order valence-corrected chi connectivity index (χ2v) is 8.23. The van der Waals surface area contributed by atoms with E-state index in [-0.39, 0.29) is 25.0 Å². The molecule has 1 heterocycles. The highest BCUT2D eigenvalue weighted by Crippen LogP contribution is 2.34. The lowest BCUT2D eigenvalue weighted by atomic mass is 10.0. The fourth-order valence-corrected chi connectivity index (χ4v) is 3.73. The van der Waals surface area contributed by atoms with Crippen LogP contribution in [-0.4, -0.2) is 56.1 Å². The number of carbonyl (C=O) groups excluding carboxylic acids is 2. The summed E-state index contributed by atoms with van der Waals surface area (Å²) in [4.78, 5) is 25.6. The van der Waals surface area contributed by atoms with Gasteiger partial charge in [-0.2, -0.15) is 0 Å². The van der Waals surface area contributed by atoms with E-state index in [2.05, 4.69) is 10.6 Å². The molecule has 0 spiro atoms. The molecule has 178 valence electrons. The Balaban J connectivity index is 1.84. The zero-order valence-electron chi connectivity index (χ0n) is 19.4. The number of carbonyl (C=O) groups is 2. The van der Waals surface area contributed by atoms with Crippen LogP contribution in [0.25, 0.3) is 0 Å². The second-order valence-electron chi connectivity index (χ2n) is 8.23. The van der Waals surface area contributed by atoms with E-state index in [0.717, 1.165) is 11.1 Å². The van der Waals surface area contributed by atoms with E-state index in [4.69, 9.17) is 18.9 Å². The first-order chi connectivity index (χ1) is 15.8. The molecule has 0 aromatic heterocycles. The van der Waals surface area contributed by atoms with Crippen molar-refractivity contribution in [3.05, 3.63) is 71.8 Å². The van der Waals surface area contributed by atoms with Crippen LogP contribution in [0.4, 0.5) is 0 Å². The van der Waals surface area contributed by atoms with Gasteiger partial charge in [-0.25, -0.2) is 0 Å². The van der Waals surface area contributed by atoms with Crippen LogP contribution in [0.2, 0.25) is 0 Å². The lowest BCUT2D eigenvalue weighted by Crippen LogP contribution is -2.54. The second kappa shape index (κ2) is 11.4. The summed E-state index contributed by atoms with van der Waals surface area (Å²) in [5, 5.41) is 5.25. The third kappa shape index (κ3) is 6.61. The molecule has 0 unspecified atom stereocenters. The zero-order valence-corrected chi connectivity index (χ0v) is 19.4. The minimum absolute atomic E-state index is 0.196. The highest BCUT2D eigenvalue weighted by atomic mass is 16.8. The number of hydrogen-bond acceptors (Lipinski definition) is 6. The Morgan fingerprint density at radius 1 is 0.788 bits per heavy atom. The van der Waals surface area contributed by atoms with Gasteiger partial charge in [0.2, 0.25) is 0 Å². The quantitative estimate of drug-likeness (QED) is 0.569. The first kappa shape index (κ1) is 24.9. The Morgan fingerprint density at radius 3 is 1.48 bits per heavy atom. The summed E-state index contributed by atoms with van der Waals surface area (Å²) < 4.78 is 24.2. The fraction of sp³-hybridized carbons (Fsp3) is 0.440. The Morgan fingerprint density at radius 2 is 1.15 bits per heavy atom. The van der Waals surface area contributed by atoms with Gasteiger partial charge >= 0.3 is 0 Å². The topological polar surface area (TPSA) is 95.1 Å². The number of nitrogens with one attached hydrogen (secondary N) is 2. The lowest BCUT2D eigenvalue weighted by Gasteiger charge is -2.29. The molecular formula is C25H32N2O6. The summed E-state index contributed by atoms with van der Waals surface area (Å²) >= 11 is 0. The van der Waals surface area contributed by atoms with Crippen molar-refractivity contribution >= 4 is 11.8 Å². The van der Waals surface area contributed by atoms with E-state index >= 15 is 0 Å². The van der Waals surface area contributed by atoms with Gasteiger partial charge in [0.15, 0.2) is 18.0 Å². The molecular weight excluding hydrogens is 424 g/mol. The number of rotatable bonds is 10. The van der Waals surface area contributed by atoms with Gasteiger partial charge in [0, 0.05) is 14.1 Å². The Labute approximate surface area is 194 Å². The SMILES string of the molecule is CNC(=O)[C@H](OCc1ccccc1)[C@@H]1OC(C)(C)O[C@H]1[C@@H](OCc1ccccc1)C(=O)NC. The molecule has 1 fully saturated rings. The van der Waals surface area contributed by atoms with Crippen LogP contribution in [0.15, 0.2) is 60.7 Å². The van der Waals surface area contributed by atoms with Gasteiger partial charge in [0.25, 0.3) is 11.8 Å². The fourth-order valence-electron chi connectivity index (χ4n) is 3.73. The van der Waals surface area contributed by atoms with E-state index in [1.54, 1.807) is 13.8 Å². The molecule has 2 aromatic carbocycles. The summed E-state index contributed by atoms with van der Waals surface area (Å²) in [5.41, 5.74) is 1.81. The largest absolute Gasteiger partial charge is 0.361 e. The van der Waals surface area contributed by atoms with E-state index in [1.165, 1.54) is 14.1 Å². The van der Waals surface area contributed by atoms with Crippen molar-refractivity contribution in [2.24, 2.45) is 0 Å². The molecule has 1 saturated heterocycles. The van der Waals surface area contributed by atoms with Gasteiger partial charge in [-0.05, 0) is 25.0 Å². The molecule has 33 heavy (non-hydrogen) atoms. The van der Waals surface area contributed by atoms with Crippen molar-refractivity contribution in [1.82, 2.24) is 10.6 Å². The molecule has 8 heteroatoms. The molecule has 8 nitrogen and oxygen atoms in total. The number of hydrogen-bond donors (Lipinski definition) is 2. The smallest absolute Gasteiger partial charge is 0.251 e. The maximum Gasteiger partial charge on any atom is 0.251 e. The van der Waals surface area contributed by atoms with E-state index in [9.17, 15) is 9.59 Å². The predicted molar refractivity (Wildman–Crippen MR) is 122 cm³/mol. The molecule has 1 aliphatic rings. The number of benzene rings is 2. The summed E-state index contributed by atoms with van der Waals surface area (Å²) in [5.74, 6) is -1.79. The number of ether oxygens (including phenoxy) is 4. The Kier molecular flexibility index (Phi) is 8.57. The number of amides is 2. The molecule has 2 aromatic rings. The molecule has 2 N–H and O–H groups in total. The standard InChI is InChI=1S/C25H32N2O6/c1-25(2)32-19(21(23(28)26-3)30-15-17-11-7-5-8-12-17)20(33-25)22(24(29)27-4)31-16-18-13-9-6-10-14-18/h5-14,19-22H,15-16H2,1-4H3,(H,26,28)(H,27,29)/t19-,20-,21-,22-/m1/s1. The van der Waals surface area contributed by atoms with Crippen LogP contribution in [0.1, 0.15) is 25.0 Å². The van der Waals surface area contributed by atoms with Crippen LogP contribution in [-0.2, 0) is 41.8 Å². The molecule has 0 bridgehead atoms. The van der Waals surface area contributed by atoms with Crippen LogP contribution in [0, 0.1) is 0 Å². The normalized spacial score (nSPS) is 21.2. The minimum Gasteiger partial charge on any atom is -0.361 e. The van der Waals surface area contributed by atoms with Gasteiger partial charge in [-0.1, -0.05) is 60.7 Å². The summed E-state index contributed by atoms with van der Waals surface area (Å²) in [6.45, 7) is 3.86. The average molecular weight is 457 g/mol. The zero-order chi connectivity index (χ0) is 23.8. The van der Waals surface area contributed by atoms with Crippen LogP contribution in [0.3, 0.4) is 0 Å². The van der Waals surface area contributed by atoms with Crippen molar-refractivity contribution < 1.29 is 28.5 Å². The van der Waals surface area contributed by atoms with Crippen molar-refractivity contribution in [2.75, 3.05) is 14.1 Å². The monoisotopic (exact) mass is 456 g/mol. The van der Waals surface area contributed by atoms with Gasteiger partial charge in [0.05, 0.1) is 13.2 Å². The summed E-state index contributed by atoms with van der Waals surface area (Å²) in [7, 11) is 3.05. The molecule has 1 aliphatic heterocycles. The maximum atomic E-state index is 12.8. The maximum absolute atomic E-state index is 12.8. The van der Waals surface area contributed by atoms with Crippen molar-refractivity contribution in [2.45, 2.75) is 57.3 Å². The summed E-state index contributed by atoms with van der Waals surface area (Å²) in [6.07, 6.45) is -3.78. The highest BCUT2D eigenvalue weighted by molar-refractivity contribution is 5.83. The Hall–Kier alpha value is -2.78. The first-order valence-corrected chi connectivity index (χ1v) is 10.9.